The van der Waals surface area contributed by atoms with E-state index in [1.54, 1.807) is 0 Å². The lowest BCUT2D eigenvalue weighted by molar-refractivity contribution is 0.515. The Morgan fingerprint density at radius 3 is 2.89 bits per heavy atom. The Balaban J connectivity index is 2.18. The molecule has 4 heteroatoms. The van der Waals surface area contributed by atoms with Crippen molar-refractivity contribution in [3.63, 3.8) is 0 Å². The van der Waals surface area contributed by atoms with Crippen molar-refractivity contribution < 1.29 is 0 Å². The van der Waals surface area contributed by atoms with E-state index in [1.807, 2.05) is 30.2 Å². The summed E-state index contributed by atoms with van der Waals surface area (Å²) in [7, 11) is 1.95. The lowest BCUT2D eigenvalue weighted by atomic mass is 10.0. The molecule has 0 spiro atoms. The van der Waals surface area contributed by atoms with Crippen LogP contribution in [-0.4, -0.2) is 21.3 Å². The number of rotatable bonds is 6. The van der Waals surface area contributed by atoms with Gasteiger partial charge in [0.1, 0.15) is 0 Å². The van der Waals surface area contributed by atoms with E-state index in [1.165, 1.54) is 11.1 Å². The average Bonchev–Trinajstić information content (AvgIpc) is 2.81. The third-order valence-corrected chi connectivity index (χ3v) is 3.22. The molecule has 2 heterocycles. The quantitative estimate of drug-likeness (QED) is 0.865. The molecule has 0 aliphatic heterocycles. The Kier molecular flexibility index (Phi) is 4.68. The van der Waals surface area contributed by atoms with E-state index in [4.69, 9.17) is 0 Å². The Bertz CT molecular complexity index is 518. The van der Waals surface area contributed by atoms with E-state index < -0.39 is 0 Å². The minimum absolute atomic E-state index is 0.255. The number of pyridine rings is 1. The Hall–Kier alpha value is -1.68. The van der Waals surface area contributed by atoms with Crippen LogP contribution in [0.4, 0.5) is 0 Å². The predicted octanol–water partition coefficient (Wildman–Crippen LogP) is 2.41. The van der Waals surface area contributed by atoms with Crippen LogP contribution in [0.1, 0.15) is 36.2 Å². The van der Waals surface area contributed by atoms with Crippen LogP contribution in [0.2, 0.25) is 0 Å². The number of hydrogen-bond acceptors (Lipinski definition) is 3. The second kappa shape index (κ2) is 6.48. The van der Waals surface area contributed by atoms with E-state index in [0.717, 1.165) is 25.1 Å². The molecule has 1 unspecified atom stereocenters. The summed E-state index contributed by atoms with van der Waals surface area (Å²) >= 11 is 0. The van der Waals surface area contributed by atoms with Gasteiger partial charge in [-0.25, -0.2) is 0 Å². The zero-order valence-electron chi connectivity index (χ0n) is 11.9. The van der Waals surface area contributed by atoms with E-state index in [2.05, 4.69) is 41.5 Å². The Morgan fingerprint density at radius 1 is 1.42 bits per heavy atom. The van der Waals surface area contributed by atoms with Gasteiger partial charge in [-0.05, 0) is 43.5 Å². The monoisotopic (exact) mass is 258 g/mol. The summed E-state index contributed by atoms with van der Waals surface area (Å²) in [5, 5.41) is 7.82. The van der Waals surface area contributed by atoms with Gasteiger partial charge in [0.25, 0.3) is 0 Å². The van der Waals surface area contributed by atoms with Gasteiger partial charge in [-0.1, -0.05) is 13.0 Å². The number of nitrogens with zero attached hydrogens (tertiary/aromatic N) is 3. The van der Waals surface area contributed by atoms with E-state index in [0.29, 0.717) is 0 Å². The summed E-state index contributed by atoms with van der Waals surface area (Å²) in [6.45, 7) is 5.30. The van der Waals surface area contributed by atoms with Gasteiger partial charge in [0.15, 0.2) is 0 Å². The molecule has 0 radical (unpaired) electrons. The summed E-state index contributed by atoms with van der Waals surface area (Å²) in [5.41, 5.74) is 3.61. The van der Waals surface area contributed by atoms with Crippen molar-refractivity contribution in [3.8, 4) is 0 Å². The highest BCUT2D eigenvalue weighted by Gasteiger charge is 2.15. The summed E-state index contributed by atoms with van der Waals surface area (Å²) < 4.78 is 1.84. The summed E-state index contributed by atoms with van der Waals surface area (Å²) in [5.74, 6) is 0. The van der Waals surface area contributed by atoms with E-state index >= 15 is 0 Å². The molecule has 4 nitrogen and oxygen atoms in total. The van der Waals surface area contributed by atoms with Gasteiger partial charge in [0, 0.05) is 19.4 Å². The van der Waals surface area contributed by atoms with Crippen molar-refractivity contribution in [2.75, 3.05) is 6.54 Å². The molecule has 2 aromatic heterocycles. The molecule has 0 fully saturated rings. The van der Waals surface area contributed by atoms with Gasteiger partial charge in [0.2, 0.25) is 0 Å². The normalized spacial score (nSPS) is 12.6. The van der Waals surface area contributed by atoms with Crippen molar-refractivity contribution in [2.45, 2.75) is 32.7 Å². The van der Waals surface area contributed by atoms with Crippen molar-refractivity contribution in [1.82, 2.24) is 20.1 Å². The predicted molar refractivity (Wildman–Crippen MR) is 76.9 cm³/mol. The lowest BCUT2D eigenvalue weighted by Gasteiger charge is -2.19. The second-order valence-corrected chi connectivity index (χ2v) is 4.94. The van der Waals surface area contributed by atoms with Crippen LogP contribution < -0.4 is 5.32 Å². The van der Waals surface area contributed by atoms with Crippen molar-refractivity contribution in [1.29, 1.82) is 0 Å². The molecule has 0 aromatic carbocycles. The maximum atomic E-state index is 4.54. The maximum absolute atomic E-state index is 4.54. The Morgan fingerprint density at radius 2 is 2.26 bits per heavy atom. The van der Waals surface area contributed by atoms with Crippen LogP contribution >= 0.6 is 0 Å². The summed E-state index contributed by atoms with van der Waals surface area (Å²) in [6.07, 6.45) is 7.91. The molecule has 2 rings (SSSR count). The first-order valence-electron chi connectivity index (χ1n) is 6.83. The van der Waals surface area contributed by atoms with Gasteiger partial charge < -0.3 is 5.32 Å². The third-order valence-electron chi connectivity index (χ3n) is 3.22. The van der Waals surface area contributed by atoms with Gasteiger partial charge >= 0.3 is 0 Å². The molecule has 0 saturated heterocycles. The molecular weight excluding hydrogens is 236 g/mol. The number of aromatic nitrogens is 3. The highest BCUT2D eigenvalue weighted by atomic mass is 15.2. The van der Waals surface area contributed by atoms with Crippen LogP contribution in [0, 0.1) is 6.92 Å². The van der Waals surface area contributed by atoms with Crippen LogP contribution in [-0.2, 0) is 13.5 Å². The lowest BCUT2D eigenvalue weighted by Crippen LogP contribution is -2.25. The first kappa shape index (κ1) is 13.7. The molecule has 19 heavy (non-hydrogen) atoms. The van der Waals surface area contributed by atoms with E-state index in [-0.39, 0.29) is 6.04 Å². The second-order valence-electron chi connectivity index (χ2n) is 4.94. The van der Waals surface area contributed by atoms with Gasteiger partial charge in [-0.2, -0.15) is 5.10 Å². The van der Waals surface area contributed by atoms with Crippen molar-refractivity contribution in [3.05, 3.63) is 47.5 Å². The molecule has 0 aliphatic carbocycles. The molecule has 102 valence electrons. The van der Waals surface area contributed by atoms with Crippen molar-refractivity contribution >= 4 is 0 Å². The summed E-state index contributed by atoms with van der Waals surface area (Å²) in [4.78, 5) is 4.54. The molecule has 0 aliphatic rings. The molecular formula is C15H22N4. The minimum Gasteiger partial charge on any atom is -0.308 e. The molecule has 0 bridgehead atoms. The van der Waals surface area contributed by atoms with Crippen LogP contribution in [0.25, 0.3) is 0 Å². The zero-order valence-corrected chi connectivity index (χ0v) is 11.9. The highest BCUT2D eigenvalue weighted by molar-refractivity contribution is 5.23. The van der Waals surface area contributed by atoms with Crippen LogP contribution in [0.5, 0.6) is 0 Å². The Labute approximate surface area is 114 Å². The third kappa shape index (κ3) is 3.64. The SMILES string of the molecule is CCCNC(Cc1cnn(C)c1)c1ncccc1C. The number of aryl methyl sites for hydroxylation is 2. The summed E-state index contributed by atoms with van der Waals surface area (Å²) in [6, 6.07) is 4.36. The number of nitrogens with one attached hydrogen (secondary N) is 1. The molecule has 0 saturated carbocycles. The van der Waals surface area contributed by atoms with Crippen LogP contribution in [0.15, 0.2) is 30.7 Å². The van der Waals surface area contributed by atoms with Gasteiger partial charge in [0.05, 0.1) is 17.9 Å². The van der Waals surface area contributed by atoms with Gasteiger partial charge in [-0.15, -0.1) is 0 Å². The molecule has 0 amide bonds. The maximum Gasteiger partial charge on any atom is 0.0605 e. The minimum atomic E-state index is 0.255. The molecule has 1 atom stereocenters. The van der Waals surface area contributed by atoms with Gasteiger partial charge in [-0.3, -0.25) is 9.67 Å². The largest absolute Gasteiger partial charge is 0.308 e. The fourth-order valence-corrected chi connectivity index (χ4v) is 2.26. The number of hydrogen-bond donors (Lipinski definition) is 1. The van der Waals surface area contributed by atoms with Crippen molar-refractivity contribution in [2.24, 2.45) is 7.05 Å². The fraction of sp³-hybridized carbons (Fsp3) is 0.467. The highest BCUT2D eigenvalue weighted by Crippen LogP contribution is 2.19. The average molecular weight is 258 g/mol. The van der Waals surface area contributed by atoms with Crippen LogP contribution in [0.3, 0.4) is 0 Å². The molecule has 2 aromatic rings. The first-order chi connectivity index (χ1) is 9.20. The zero-order chi connectivity index (χ0) is 13.7. The fourth-order valence-electron chi connectivity index (χ4n) is 2.26. The molecule has 1 N–H and O–H groups in total. The topological polar surface area (TPSA) is 42.7 Å². The smallest absolute Gasteiger partial charge is 0.0605 e. The first-order valence-corrected chi connectivity index (χ1v) is 6.83. The standard InChI is InChI=1S/C15H22N4/c1-4-7-16-14(9-13-10-18-19(3)11-13)15-12(2)6-5-8-17-15/h5-6,8,10-11,14,16H,4,7,9H2,1-3H3. The van der Waals surface area contributed by atoms with E-state index in [9.17, 15) is 0 Å².